The predicted octanol–water partition coefficient (Wildman–Crippen LogP) is 5.89. The van der Waals surface area contributed by atoms with Gasteiger partial charge in [-0.15, -0.1) is 0 Å². The van der Waals surface area contributed by atoms with E-state index in [1.54, 1.807) is 0 Å². The van der Waals surface area contributed by atoms with E-state index in [1.165, 1.54) is 25.7 Å². The van der Waals surface area contributed by atoms with Gasteiger partial charge >= 0.3 is 11.9 Å². The maximum atomic E-state index is 13.7. The van der Waals surface area contributed by atoms with Gasteiger partial charge in [0.2, 0.25) is 0 Å². The third kappa shape index (κ3) is 6.06. The minimum absolute atomic E-state index is 0.0228. The van der Waals surface area contributed by atoms with Crippen LogP contribution in [0.25, 0.3) is 0 Å². The molecule has 5 saturated carbocycles. The molecule has 0 N–H and O–H groups in total. The number of carbonyl (C=O) groups excluding carboxylic acids is 4. The van der Waals surface area contributed by atoms with Crippen LogP contribution in [-0.4, -0.2) is 55.7 Å². The Morgan fingerprint density at radius 1 is 0.864 bits per heavy atom. The van der Waals surface area contributed by atoms with E-state index in [4.69, 9.17) is 18.9 Å². The lowest BCUT2D eigenvalue weighted by Gasteiger charge is -2.45. The fourth-order valence-electron chi connectivity index (χ4n) is 10.5. The van der Waals surface area contributed by atoms with Crippen LogP contribution in [-0.2, 0) is 38.1 Å². The number of ketones is 1. The standard InChI is InChI=1S/C36H50O8/c1-35(15-25-7-8-29(38)28(14-25)18-35)33(39)41-20-30-31(44-32(43-30)27-12-22-4-2-5-23(10-22)13-27)21-42-34(40)36-9-3-6-24(16-36)11-26(17-36)19-37/h18-19,22-27,30-32H,2-17,20-21H2,1H3. The van der Waals surface area contributed by atoms with Gasteiger partial charge in [-0.1, -0.05) is 38.2 Å². The van der Waals surface area contributed by atoms with E-state index in [-0.39, 0.29) is 42.8 Å². The Morgan fingerprint density at radius 2 is 1.57 bits per heavy atom. The topological polar surface area (TPSA) is 105 Å². The van der Waals surface area contributed by atoms with Gasteiger partial charge < -0.3 is 23.7 Å². The largest absolute Gasteiger partial charge is 0.462 e. The van der Waals surface area contributed by atoms with Crippen LogP contribution in [0.5, 0.6) is 0 Å². The van der Waals surface area contributed by atoms with E-state index in [2.05, 4.69) is 0 Å². The molecule has 0 aromatic rings. The molecule has 0 aromatic carbocycles. The Kier molecular flexibility index (Phi) is 8.53. The van der Waals surface area contributed by atoms with E-state index >= 15 is 0 Å². The summed E-state index contributed by atoms with van der Waals surface area (Å²) < 4.78 is 25.0. The highest BCUT2D eigenvalue weighted by molar-refractivity contribution is 5.97. The average Bonchev–Trinajstić information content (AvgIpc) is 3.43. The van der Waals surface area contributed by atoms with E-state index in [1.807, 2.05) is 13.0 Å². The highest BCUT2D eigenvalue weighted by Gasteiger charge is 2.51. The van der Waals surface area contributed by atoms with Gasteiger partial charge in [0.15, 0.2) is 12.1 Å². The Morgan fingerprint density at radius 3 is 2.30 bits per heavy atom. The molecule has 10 unspecified atom stereocenters. The van der Waals surface area contributed by atoms with Crippen molar-refractivity contribution in [1.82, 2.24) is 0 Å². The summed E-state index contributed by atoms with van der Waals surface area (Å²) in [6.45, 7) is 1.95. The first-order chi connectivity index (χ1) is 21.2. The van der Waals surface area contributed by atoms with Gasteiger partial charge in [-0.3, -0.25) is 14.4 Å². The zero-order chi connectivity index (χ0) is 30.5. The zero-order valence-corrected chi connectivity index (χ0v) is 26.3. The van der Waals surface area contributed by atoms with Crippen LogP contribution >= 0.6 is 0 Å². The quantitative estimate of drug-likeness (QED) is 0.248. The van der Waals surface area contributed by atoms with Crippen molar-refractivity contribution in [3.8, 4) is 0 Å². The molecule has 0 spiro atoms. The molecule has 0 amide bonds. The lowest BCUT2D eigenvalue weighted by molar-refractivity contribution is -0.169. The van der Waals surface area contributed by atoms with E-state index < -0.39 is 29.3 Å². The molecule has 6 bridgehead atoms. The van der Waals surface area contributed by atoms with Gasteiger partial charge in [0.05, 0.1) is 10.8 Å². The van der Waals surface area contributed by atoms with Crippen molar-refractivity contribution in [2.45, 2.75) is 128 Å². The fraction of sp³-hybridized carbons (Fsp3) is 0.833. The Labute approximate surface area is 261 Å². The summed E-state index contributed by atoms with van der Waals surface area (Å²) in [6.07, 6.45) is 16.6. The van der Waals surface area contributed by atoms with Crippen LogP contribution in [0.2, 0.25) is 0 Å². The Balaban J connectivity index is 1.03. The van der Waals surface area contributed by atoms with Crippen molar-refractivity contribution in [1.29, 1.82) is 0 Å². The summed E-state index contributed by atoms with van der Waals surface area (Å²) in [7, 11) is 0. The van der Waals surface area contributed by atoms with E-state index in [0.717, 1.165) is 69.6 Å². The highest BCUT2D eigenvalue weighted by Crippen LogP contribution is 2.52. The SMILES string of the molecule is CC1(C(=O)OCC2OC(C3CC4CCCC(C4)C3)OC2COC(=O)C23CCCC(CC(C=O)C2)C3)C=C2CC(CCC2=O)C1. The molecule has 0 aromatic heterocycles. The van der Waals surface area contributed by atoms with Gasteiger partial charge in [0, 0.05) is 18.3 Å². The Bertz CT molecular complexity index is 1170. The summed E-state index contributed by atoms with van der Waals surface area (Å²) in [6, 6.07) is 0. The molecular formula is C36H50O8. The third-order valence-electron chi connectivity index (χ3n) is 12.5. The maximum absolute atomic E-state index is 13.7. The molecule has 242 valence electrons. The molecule has 8 heteroatoms. The van der Waals surface area contributed by atoms with Crippen LogP contribution < -0.4 is 0 Å². The van der Waals surface area contributed by atoms with Crippen molar-refractivity contribution in [3.63, 3.8) is 0 Å². The predicted molar refractivity (Wildman–Crippen MR) is 160 cm³/mol. The van der Waals surface area contributed by atoms with Gasteiger partial charge in [-0.25, -0.2) is 0 Å². The van der Waals surface area contributed by atoms with Gasteiger partial charge in [0.1, 0.15) is 31.7 Å². The van der Waals surface area contributed by atoms with E-state index in [0.29, 0.717) is 42.9 Å². The summed E-state index contributed by atoms with van der Waals surface area (Å²) >= 11 is 0. The second kappa shape index (κ2) is 12.3. The molecule has 6 fully saturated rings. The zero-order valence-electron chi connectivity index (χ0n) is 26.3. The number of hydrogen-bond donors (Lipinski definition) is 0. The smallest absolute Gasteiger partial charge is 0.315 e. The van der Waals surface area contributed by atoms with Crippen LogP contribution in [0.15, 0.2) is 11.6 Å². The highest BCUT2D eigenvalue weighted by atomic mass is 16.7. The molecule has 8 nitrogen and oxygen atoms in total. The first-order valence-corrected chi connectivity index (χ1v) is 17.6. The molecule has 0 radical (unpaired) electrons. The third-order valence-corrected chi connectivity index (χ3v) is 12.5. The average molecular weight is 611 g/mol. The molecule has 10 atom stereocenters. The number of ether oxygens (including phenoxy) is 4. The molecular weight excluding hydrogens is 560 g/mol. The summed E-state index contributed by atoms with van der Waals surface area (Å²) in [5.74, 6) is 1.95. The van der Waals surface area contributed by atoms with Crippen LogP contribution in [0.4, 0.5) is 0 Å². The number of fused-ring (bicyclic) bond motifs is 6. The van der Waals surface area contributed by atoms with Gasteiger partial charge in [-0.2, -0.15) is 0 Å². The van der Waals surface area contributed by atoms with Crippen molar-refractivity contribution >= 4 is 24.0 Å². The number of hydrogen-bond acceptors (Lipinski definition) is 8. The number of esters is 2. The van der Waals surface area contributed by atoms with Crippen molar-refractivity contribution < 1.29 is 38.1 Å². The monoisotopic (exact) mass is 610 g/mol. The molecule has 6 aliphatic carbocycles. The summed E-state index contributed by atoms with van der Waals surface area (Å²) in [5, 5.41) is 0. The number of carbonyl (C=O) groups is 4. The lowest BCUT2D eigenvalue weighted by Crippen LogP contribution is -2.45. The summed E-state index contributed by atoms with van der Waals surface area (Å²) in [5.41, 5.74) is -0.653. The lowest BCUT2D eigenvalue weighted by atomic mass is 9.59. The second-order valence-electron chi connectivity index (χ2n) is 15.9. The fourth-order valence-corrected chi connectivity index (χ4v) is 10.5. The van der Waals surface area contributed by atoms with Crippen molar-refractivity contribution in [2.24, 2.45) is 46.3 Å². The molecule has 44 heavy (non-hydrogen) atoms. The van der Waals surface area contributed by atoms with Crippen molar-refractivity contribution in [3.05, 3.63) is 11.6 Å². The Hall–Kier alpha value is -2.06. The molecule has 1 heterocycles. The van der Waals surface area contributed by atoms with Crippen LogP contribution in [0.3, 0.4) is 0 Å². The molecule has 1 saturated heterocycles. The first-order valence-electron chi connectivity index (χ1n) is 17.6. The minimum atomic E-state index is -0.831. The molecule has 1 aliphatic heterocycles. The van der Waals surface area contributed by atoms with Crippen molar-refractivity contribution in [2.75, 3.05) is 13.2 Å². The summed E-state index contributed by atoms with van der Waals surface area (Å²) in [4.78, 5) is 51.3. The van der Waals surface area contributed by atoms with E-state index in [9.17, 15) is 19.2 Å². The first kappa shape index (κ1) is 30.6. The number of allylic oxidation sites excluding steroid dienone is 1. The normalized spacial score (nSPS) is 44.8. The number of rotatable bonds is 8. The second-order valence-corrected chi connectivity index (χ2v) is 15.9. The van der Waals surface area contributed by atoms with Gasteiger partial charge in [0.25, 0.3) is 0 Å². The van der Waals surface area contributed by atoms with Gasteiger partial charge in [-0.05, 0) is 100 Å². The van der Waals surface area contributed by atoms with Crippen LogP contribution in [0.1, 0.15) is 110 Å². The number of aldehydes is 1. The maximum Gasteiger partial charge on any atom is 0.315 e. The minimum Gasteiger partial charge on any atom is -0.462 e. The number of Topliss-reactive ketones (excluding diaryl/α,β-unsaturated/α-hetero) is 1. The molecule has 7 rings (SSSR count). The van der Waals surface area contributed by atoms with Crippen LogP contribution in [0, 0.1) is 46.3 Å². The molecule has 7 aliphatic rings.